The van der Waals surface area contributed by atoms with Gasteiger partial charge in [0.1, 0.15) is 4.88 Å². The van der Waals surface area contributed by atoms with Gasteiger partial charge in [-0.1, -0.05) is 23.9 Å². The van der Waals surface area contributed by atoms with E-state index in [1.807, 2.05) is 18.2 Å². The molecule has 1 amide bonds. The Morgan fingerprint density at radius 1 is 1.50 bits per heavy atom. The second kappa shape index (κ2) is 5.20. The summed E-state index contributed by atoms with van der Waals surface area (Å²) in [4.78, 5) is 15.1. The van der Waals surface area contributed by atoms with Crippen LogP contribution in [0.25, 0.3) is 0 Å². The number of benzene rings is 1. The first-order chi connectivity index (χ1) is 9.72. The Morgan fingerprint density at radius 2 is 2.35 bits per heavy atom. The zero-order valence-corrected chi connectivity index (χ0v) is 12.1. The van der Waals surface area contributed by atoms with Crippen molar-refractivity contribution in [2.75, 3.05) is 17.2 Å². The third-order valence-electron chi connectivity index (χ3n) is 3.55. The van der Waals surface area contributed by atoms with Crippen molar-refractivity contribution < 1.29 is 4.79 Å². The van der Waals surface area contributed by atoms with Crippen LogP contribution >= 0.6 is 11.5 Å². The summed E-state index contributed by atoms with van der Waals surface area (Å²) in [5.74, 6) is -0.00667. The number of hydrogen-bond donors (Lipinski definition) is 1. The Balaban J connectivity index is 1.94. The molecular formula is C14H16N4OS. The maximum atomic E-state index is 12.7. The van der Waals surface area contributed by atoms with Gasteiger partial charge in [0.2, 0.25) is 0 Å². The van der Waals surface area contributed by atoms with Crippen molar-refractivity contribution in [3.63, 3.8) is 0 Å². The van der Waals surface area contributed by atoms with Gasteiger partial charge in [-0.3, -0.25) is 4.79 Å². The van der Waals surface area contributed by atoms with Gasteiger partial charge in [-0.15, -0.1) is 5.10 Å². The number of nitrogens with zero attached hydrogens (tertiary/aromatic N) is 3. The zero-order valence-electron chi connectivity index (χ0n) is 11.3. The van der Waals surface area contributed by atoms with Gasteiger partial charge in [0.05, 0.1) is 5.69 Å². The number of amides is 1. The molecule has 1 aromatic heterocycles. The lowest BCUT2D eigenvalue weighted by Gasteiger charge is -2.16. The summed E-state index contributed by atoms with van der Waals surface area (Å²) in [6.07, 6.45) is 2.55. The number of aromatic nitrogens is 2. The van der Waals surface area contributed by atoms with Crippen LogP contribution in [0.5, 0.6) is 0 Å². The van der Waals surface area contributed by atoms with Crippen LogP contribution in [-0.4, -0.2) is 22.0 Å². The van der Waals surface area contributed by atoms with Gasteiger partial charge in [-0.2, -0.15) is 0 Å². The molecule has 1 aromatic carbocycles. The second-order valence-corrected chi connectivity index (χ2v) is 5.60. The predicted molar refractivity (Wildman–Crippen MR) is 80.1 cm³/mol. The quantitative estimate of drug-likeness (QED) is 0.879. The fourth-order valence-electron chi connectivity index (χ4n) is 2.57. The fraction of sp³-hybridized carbons (Fsp3) is 0.357. The lowest BCUT2D eigenvalue weighted by Crippen LogP contribution is -2.29. The first-order valence-corrected chi connectivity index (χ1v) is 7.50. The van der Waals surface area contributed by atoms with Crippen molar-refractivity contribution in [3.8, 4) is 0 Å². The molecule has 0 fully saturated rings. The molecule has 2 aromatic rings. The van der Waals surface area contributed by atoms with Crippen LogP contribution < -0.4 is 10.6 Å². The molecular weight excluding hydrogens is 272 g/mol. The maximum Gasteiger partial charge on any atom is 0.271 e. The molecule has 1 aliphatic heterocycles. The highest BCUT2D eigenvalue weighted by Gasteiger charge is 2.29. The molecule has 0 saturated carbocycles. The molecule has 0 bridgehead atoms. The Morgan fingerprint density at radius 3 is 3.15 bits per heavy atom. The third-order valence-corrected chi connectivity index (χ3v) is 4.30. The maximum absolute atomic E-state index is 12.7. The molecule has 104 valence electrons. The van der Waals surface area contributed by atoms with Crippen LogP contribution in [0.1, 0.15) is 34.3 Å². The van der Waals surface area contributed by atoms with E-state index < -0.39 is 0 Å². The summed E-state index contributed by atoms with van der Waals surface area (Å²) in [6.45, 7) is 2.74. The largest absolute Gasteiger partial charge is 0.398 e. The van der Waals surface area contributed by atoms with E-state index in [0.29, 0.717) is 11.4 Å². The average molecular weight is 288 g/mol. The number of anilines is 2. The second-order valence-electron chi connectivity index (χ2n) is 4.85. The molecule has 0 saturated heterocycles. The van der Waals surface area contributed by atoms with Crippen molar-refractivity contribution in [1.29, 1.82) is 0 Å². The monoisotopic (exact) mass is 288 g/mol. The highest BCUT2D eigenvalue weighted by atomic mass is 32.1. The van der Waals surface area contributed by atoms with Crippen LogP contribution in [0, 0.1) is 0 Å². The van der Waals surface area contributed by atoms with E-state index >= 15 is 0 Å². The summed E-state index contributed by atoms with van der Waals surface area (Å²) in [5.41, 5.74) is 9.52. The van der Waals surface area contributed by atoms with Crippen LogP contribution in [0.2, 0.25) is 0 Å². The van der Waals surface area contributed by atoms with Gasteiger partial charge in [-0.05, 0) is 36.5 Å². The van der Waals surface area contributed by atoms with E-state index in [2.05, 4.69) is 16.5 Å². The van der Waals surface area contributed by atoms with Crippen LogP contribution in [-0.2, 0) is 12.8 Å². The van der Waals surface area contributed by atoms with E-state index in [0.717, 1.165) is 41.9 Å². The zero-order chi connectivity index (χ0) is 14.1. The number of carbonyl (C=O) groups is 1. The van der Waals surface area contributed by atoms with E-state index in [4.69, 9.17) is 5.73 Å². The van der Waals surface area contributed by atoms with Gasteiger partial charge in [0.15, 0.2) is 0 Å². The van der Waals surface area contributed by atoms with Crippen molar-refractivity contribution in [3.05, 3.63) is 34.3 Å². The number of hydrogen-bond acceptors (Lipinski definition) is 5. The van der Waals surface area contributed by atoms with Gasteiger partial charge in [0, 0.05) is 23.5 Å². The molecule has 0 atom stereocenters. The first-order valence-electron chi connectivity index (χ1n) is 6.72. The van der Waals surface area contributed by atoms with Crippen LogP contribution in [0.3, 0.4) is 0 Å². The number of carbonyl (C=O) groups excluding carboxylic acids is 1. The molecule has 5 nitrogen and oxygen atoms in total. The van der Waals surface area contributed by atoms with Crippen molar-refractivity contribution in [2.45, 2.75) is 26.2 Å². The van der Waals surface area contributed by atoms with Gasteiger partial charge in [0.25, 0.3) is 5.91 Å². The average Bonchev–Trinajstić information content (AvgIpc) is 3.06. The molecule has 0 spiro atoms. The van der Waals surface area contributed by atoms with Gasteiger partial charge < -0.3 is 10.6 Å². The number of nitrogens with two attached hydrogens (primary N) is 1. The predicted octanol–water partition coefficient (Wildman–Crippen LogP) is 2.28. The lowest BCUT2D eigenvalue weighted by molar-refractivity contribution is 0.0992. The van der Waals surface area contributed by atoms with Crippen molar-refractivity contribution in [2.24, 2.45) is 0 Å². The molecule has 1 aliphatic rings. The van der Waals surface area contributed by atoms with Crippen LogP contribution in [0.4, 0.5) is 11.4 Å². The number of rotatable bonds is 3. The van der Waals surface area contributed by atoms with E-state index in [-0.39, 0.29) is 5.91 Å². The smallest absolute Gasteiger partial charge is 0.271 e. The highest BCUT2D eigenvalue weighted by molar-refractivity contribution is 7.08. The minimum Gasteiger partial charge on any atom is -0.398 e. The molecule has 6 heteroatoms. The van der Waals surface area contributed by atoms with Crippen molar-refractivity contribution in [1.82, 2.24) is 9.59 Å². The Kier molecular flexibility index (Phi) is 3.40. The summed E-state index contributed by atoms with van der Waals surface area (Å²) < 4.78 is 3.93. The fourth-order valence-corrected chi connectivity index (χ4v) is 3.22. The lowest BCUT2D eigenvalue weighted by atomic mass is 10.1. The third kappa shape index (κ3) is 2.06. The molecule has 2 heterocycles. The minimum absolute atomic E-state index is 0.00667. The number of nitrogen functional groups attached to an aromatic ring is 1. The number of aryl methyl sites for hydroxylation is 1. The Bertz CT molecular complexity index is 652. The summed E-state index contributed by atoms with van der Waals surface area (Å²) in [5, 5.41) is 4.07. The minimum atomic E-state index is -0.00667. The van der Waals surface area contributed by atoms with E-state index in [1.54, 1.807) is 4.90 Å². The van der Waals surface area contributed by atoms with Gasteiger partial charge in [-0.25, -0.2) is 0 Å². The molecule has 0 unspecified atom stereocenters. The normalized spacial score (nSPS) is 13.6. The molecule has 0 aliphatic carbocycles. The molecule has 3 rings (SSSR count). The van der Waals surface area contributed by atoms with Gasteiger partial charge >= 0.3 is 0 Å². The molecule has 0 radical (unpaired) electrons. The van der Waals surface area contributed by atoms with Crippen molar-refractivity contribution >= 4 is 28.8 Å². The summed E-state index contributed by atoms with van der Waals surface area (Å²) in [6, 6.07) is 5.71. The Hall–Kier alpha value is -1.95. The first kappa shape index (κ1) is 13.1. The van der Waals surface area contributed by atoms with Crippen LogP contribution in [0.15, 0.2) is 18.2 Å². The highest BCUT2D eigenvalue weighted by Crippen LogP contribution is 2.33. The molecule has 2 N–H and O–H groups in total. The summed E-state index contributed by atoms with van der Waals surface area (Å²) in [7, 11) is 0. The topological polar surface area (TPSA) is 72.1 Å². The molecule has 20 heavy (non-hydrogen) atoms. The Labute approximate surface area is 121 Å². The number of fused-ring (bicyclic) bond motifs is 1. The summed E-state index contributed by atoms with van der Waals surface area (Å²) >= 11 is 1.18. The van der Waals surface area contributed by atoms with E-state index in [1.165, 1.54) is 11.5 Å². The standard InChI is InChI=1S/C14H16N4OS/c1-2-4-11-13(20-17-16-11)14(19)18-8-7-9-10(15)5-3-6-12(9)18/h3,5-6H,2,4,7-8,15H2,1H3. The SMILES string of the molecule is CCCc1nnsc1C(=O)N1CCc2c(N)cccc21. The van der Waals surface area contributed by atoms with E-state index in [9.17, 15) is 4.79 Å².